The molecule has 244 valence electrons. The minimum absolute atomic E-state index is 0.0740. The number of carbonyl (C=O) groups is 3. The summed E-state index contributed by atoms with van der Waals surface area (Å²) in [7, 11) is -4.63. The van der Waals surface area contributed by atoms with Gasteiger partial charge in [0.25, 0.3) is 11.8 Å². The zero-order valence-corrected chi connectivity index (χ0v) is 28.0. The van der Waals surface area contributed by atoms with Gasteiger partial charge in [0.15, 0.2) is 13.3 Å². The number of imide groups is 1. The van der Waals surface area contributed by atoms with E-state index < -0.39 is 30.8 Å². The van der Waals surface area contributed by atoms with Crippen LogP contribution >= 0.6 is 7.60 Å². The van der Waals surface area contributed by atoms with Crippen LogP contribution in [0.2, 0.25) is 0 Å². The van der Waals surface area contributed by atoms with Gasteiger partial charge in [-0.25, -0.2) is 4.79 Å². The highest BCUT2D eigenvalue weighted by Crippen LogP contribution is 2.48. The largest absolute Gasteiger partial charge is 0.775 e. The minimum Gasteiger partial charge on any atom is -0.775 e. The summed E-state index contributed by atoms with van der Waals surface area (Å²) in [6.45, 7) is 12.0. The first-order valence-electron chi connectivity index (χ1n) is 15.8. The van der Waals surface area contributed by atoms with E-state index in [0.29, 0.717) is 18.0 Å². The third kappa shape index (κ3) is 6.26. The number of nitrogens with zero attached hydrogens (tertiary/aromatic N) is 3. The molecule has 0 aliphatic carbocycles. The molecule has 0 bridgehead atoms. The van der Waals surface area contributed by atoms with Crippen molar-refractivity contribution in [3.05, 3.63) is 77.5 Å². The minimum atomic E-state index is -4.63. The predicted molar refractivity (Wildman–Crippen MR) is 174 cm³/mol. The first-order chi connectivity index (χ1) is 21.7. The Morgan fingerprint density at radius 1 is 1.02 bits per heavy atom. The summed E-state index contributed by atoms with van der Waals surface area (Å²) in [5.41, 5.74) is 5.57. The van der Waals surface area contributed by atoms with Crippen LogP contribution < -0.4 is 15.1 Å². The number of benzene rings is 2. The molecular formula is C35H42N3O7P. The SMILES string of the molecule is CCN1/C(=C\C=C\C2=[N+](CCCCCC(=O)ON3C(=O)CCC3=O)c3ccccc3C2(C)C)C(C)(C)c2cc(P(=O)([O-])O)ccc21. The summed E-state index contributed by atoms with van der Waals surface area (Å²) in [6.07, 6.45) is 8.73. The van der Waals surface area contributed by atoms with Crippen molar-refractivity contribution in [2.24, 2.45) is 0 Å². The van der Waals surface area contributed by atoms with E-state index in [9.17, 15) is 28.7 Å². The Balaban J connectivity index is 1.34. The lowest BCUT2D eigenvalue weighted by Gasteiger charge is -2.26. The zero-order valence-electron chi connectivity index (χ0n) is 27.1. The molecule has 0 radical (unpaired) electrons. The summed E-state index contributed by atoms with van der Waals surface area (Å²) in [5.74, 6) is -1.53. The maximum absolute atomic E-state index is 12.2. The fraction of sp³-hybridized carbons (Fsp3) is 0.429. The Bertz CT molecular complexity index is 1700. The van der Waals surface area contributed by atoms with Crippen molar-refractivity contribution in [3.8, 4) is 0 Å². The van der Waals surface area contributed by atoms with E-state index in [2.05, 4.69) is 74.5 Å². The lowest BCUT2D eigenvalue weighted by atomic mass is 9.81. The number of hydrogen-bond acceptors (Lipinski definition) is 7. The summed E-state index contributed by atoms with van der Waals surface area (Å²) in [5, 5.41) is 0.508. The van der Waals surface area contributed by atoms with E-state index in [1.54, 1.807) is 12.1 Å². The smallest absolute Gasteiger partial charge is 0.333 e. The molecule has 2 amide bonds. The number of hydroxylamine groups is 2. The Morgan fingerprint density at radius 2 is 1.72 bits per heavy atom. The summed E-state index contributed by atoms with van der Waals surface area (Å²) >= 11 is 0. The van der Waals surface area contributed by atoms with Gasteiger partial charge in [0.05, 0.1) is 5.41 Å². The maximum atomic E-state index is 12.2. The number of amides is 2. The summed E-state index contributed by atoms with van der Waals surface area (Å²) in [6, 6.07) is 13.2. The third-order valence-corrected chi connectivity index (χ3v) is 10.2. The fourth-order valence-electron chi connectivity index (χ4n) is 6.81. The number of carbonyl (C=O) groups excluding carboxylic acids is 3. The van der Waals surface area contributed by atoms with Crippen LogP contribution in [0.4, 0.5) is 11.4 Å². The highest BCUT2D eigenvalue weighted by molar-refractivity contribution is 7.58. The molecule has 3 heterocycles. The number of likely N-dealkylation sites (N-methyl/N-ethyl adjacent to an activating group) is 1. The second-order valence-electron chi connectivity index (χ2n) is 13.0. The number of rotatable bonds is 11. The number of para-hydroxylation sites is 1. The van der Waals surface area contributed by atoms with Gasteiger partial charge >= 0.3 is 5.97 Å². The van der Waals surface area contributed by atoms with E-state index in [0.717, 1.165) is 47.7 Å². The topological polar surface area (TPSA) is 130 Å². The molecule has 0 saturated carbocycles. The Hall–Kier alpha value is -3.85. The van der Waals surface area contributed by atoms with Gasteiger partial charge in [-0.2, -0.15) is 4.58 Å². The highest BCUT2D eigenvalue weighted by atomic mass is 31.2. The second-order valence-corrected chi connectivity index (χ2v) is 14.6. The highest BCUT2D eigenvalue weighted by Gasteiger charge is 2.44. The van der Waals surface area contributed by atoms with E-state index in [4.69, 9.17) is 4.84 Å². The molecular weight excluding hydrogens is 605 g/mol. The van der Waals surface area contributed by atoms with Crippen LogP contribution in [0.15, 0.2) is 66.4 Å². The number of fused-ring (bicyclic) bond motifs is 2. The van der Waals surface area contributed by atoms with Crippen LogP contribution in [0.1, 0.15) is 84.3 Å². The van der Waals surface area contributed by atoms with Gasteiger partial charge in [0, 0.05) is 72.0 Å². The van der Waals surface area contributed by atoms with Crippen LogP contribution in [0.25, 0.3) is 0 Å². The standard InChI is InChI=1S/C35H42N3O7P/c1-6-36-28-19-18-24(46(42,43)44)23-26(28)35(4,5)29(36)15-12-16-30-34(2,3)25-13-9-10-14-27(25)37(30)22-11-7-8-17-33(41)45-38-31(39)20-21-32(38)40/h9-10,12-16,18-19,23H,6-8,11,17,20-22H2,1-5H3,(H-,42,43,44). The zero-order chi connectivity index (χ0) is 33.4. The number of anilines is 1. The third-order valence-electron chi connectivity index (χ3n) is 9.29. The van der Waals surface area contributed by atoms with E-state index in [-0.39, 0.29) is 30.0 Å². The number of allylic oxidation sites excluding steroid dienone is 4. The molecule has 1 unspecified atom stereocenters. The normalized spacial score (nSPS) is 20.5. The lowest BCUT2D eigenvalue weighted by molar-refractivity contribution is -0.438. The molecule has 0 aromatic heterocycles. The Morgan fingerprint density at radius 3 is 2.39 bits per heavy atom. The average molecular weight is 648 g/mol. The van der Waals surface area contributed by atoms with Crippen molar-refractivity contribution in [2.75, 3.05) is 18.0 Å². The van der Waals surface area contributed by atoms with Crippen LogP contribution in [-0.2, 0) is 34.6 Å². The van der Waals surface area contributed by atoms with Gasteiger partial charge in [-0.1, -0.05) is 38.1 Å². The van der Waals surface area contributed by atoms with Gasteiger partial charge in [-0.15, -0.1) is 5.06 Å². The van der Waals surface area contributed by atoms with Crippen molar-refractivity contribution >= 4 is 47.8 Å². The molecule has 1 N–H and O–H groups in total. The van der Waals surface area contributed by atoms with Crippen molar-refractivity contribution in [1.29, 1.82) is 0 Å². The Kier molecular flexibility index (Phi) is 9.28. The summed E-state index contributed by atoms with van der Waals surface area (Å²) < 4.78 is 14.2. The molecule has 5 rings (SSSR count). The van der Waals surface area contributed by atoms with Gasteiger partial charge in [-0.05, 0) is 63.5 Å². The van der Waals surface area contributed by atoms with Gasteiger partial charge in [0.2, 0.25) is 5.69 Å². The predicted octanol–water partition coefficient (Wildman–Crippen LogP) is 4.66. The maximum Gasteiger partial charge on any atom is 0.333 e. The van der Waals surface area contributed by atoms with Crippen molar-refractivity contribution in [3.63, 3.8) is 0 Å². The molecule has 2 aromatic carbocycles. The first-order valence-corrected chi connectivity index (χ1v) is 17.4. The quantitative estimate of drug-likeness (QED) is 0.161. The van der Waals surface area contributed by atoms with E-state index in [1.165, 1.54) is 11.6 Å². The average Bonchev–Trinajstić information content (AvgIpc) is 3.51. The second kappa shape index (κ2) is 12.7. The molecule has 1 saturated heterocycles. The fourth-order valence-corrected chi connectivity index (χ4v) is 7.37. The van der Waals surface area contributed by atoms with Crippen LogP contribution in [0, 0.1) is 0 Å². The number of unbranched alkanes of at least 4 members (excludes halogenated alkanes) is 2. The van der Waals surface area contributed by atoms with Crippen LogP contribution in [0.3, 0.4) is 0 Å². The van der Waals surface area contributed by atoms with E-state index in [1.807, 2.05) is 12.1 Å². The first kappa shape index (κ1) is 33.5. The van der Waals surface area contributed by atoms with Gasteiger partial charge in [0.1, 0.15) is 6.54 Å². The van der Waals surface area contributed by atoms with Crippen molar-refractivity contribution in [1.82, 2.24) is 5.06 Å². The van der Waals surface area contributed by atoms with Gasteiger partial charge in [-0.3, -0.25) is 9.59 Å². The Labute approximate surface area is 270 Å². The molecule has 10 nitrogen and oxygen atoms in total. The molecule has 46 heavy (non-hydrogen) atoms. The molecule has 1 fully saturated rings. The van der Waals surface area contributed by atoms with Crippen molar-refractivity contribution in [2.45, 2.75) is 84.0 Å². The van der Waals surface area contributed by atoms with Crippen molar-refractivity contribution < 1.29 is 38.1 Å². The monoisotopic (exact) mass is 647 g/mol. The van der Waals surface area contributed by atoms with Gasteiger partial charge < -0.3 is 24.1 Å². The number of hydrogen-bond donors (Lipinski definition) is 1. The van der Waals surface area contributed by atoms with E-state index >= 15 is 0 Å². The molecule has 3 aliphatic heterocycles. The molecule has 0 spiro atoms. The van der Waals surface area contributed by atoms with Crippen LogP contribution in [0.5, 0.6) is 0 Å². The molecule has 2 aromatic rings. The molecule has 11 heteroatoms. The molecule has 3 aliphatic rings. The molecule has 1 atom stereocenters. The lowest BCUT2D eigenvalue weighted by Crippen LogP contribution is -2.31. The van der Waals surface area contributed by atoms with Crippen LogP contribution in [-0.4, -0.2) is 51.1 Å². The summed E-state index contributed by atoms with van der Waals surface area (Å²) in [4.78, 5) is 64.4.